The van der Waals surface area contributed by atoms with E-state index >= 15 is 0 Å². The number of rotatable bonds is 5. The fraction of sp³-hybridized carbons (Fsp3) is 0.200. The third-order valence-corrected chi connectivity index (χ3v) is 6.25. The number of anilines is 1. The summed E-state index contributed by atoms with van der Waals surface area (Å²) in [6, 6.07) is 19.8. The second-order valence-electron chi connectivity index (χ2n) is 7.86. The van der Waals surface area contributed by atoms with E-state index in [1.54, 1.807) is 30.3 Å². The van der Waals surface area contributed by atoms with Gasteiger partial charge in [0.05, 0.1) is 18.7 Å². The average molecular weight is 494 g/mol. The third-order valence-electron chi connectivity index (χ3n) is 5.76. The van der Waals surface area contributed by atoms with Crippen LogP contribution in [0.3, 0.4) is 0 Å². The van der Waals surface area contributed by atoms with Crippen LogP contribution < -0.4 is 14.4 Å². The first-order chi connectivity index (χ1) is 15.5. The summed E-state index contributed by atoms with van der Waals surface area (Å²) in [5.41, 5.74) is 0.335. The van der Waals surface area contributed by atoms with Gasteiger partial charge in [-0.25, -0.2) is 0 Å². The van der Waals surface area contributed by atoms with Gasteiger partial charge in [0.15, 0.2) is 22.9 Å². The van der Waals surface area contributed by atoms with E-state index < -0.39 is 11.5 Å². The molecular weight excluding hydrogens is 474 g/mol. The van der Waals surface area contributed by atoms with Crippen molar-refractivity contribution in [2.45, 2.75) is 18.6 Å². The van der Waals surface area contributed by atoms with Crippen LogP contribution in [0.5, 0.6) is 11.5 Å². The molecule has 2 aliphatic heterocycles. The number of amides is 1. The Hall–Kier alpha value is -3.16. The molecule has 0 spiro atoms. The smallest absolute Gasteiger partial charge is 0.264 e. The van der Waals surface area contributed by atoms with E-state index in [2.05, 4.69) is 15.9 Å². The lowest BCUT2D eigenvalue weighted by atomic mass is 9.88. The Kier molecular flexibility index (Phi) is 5.23. The molecule has 162 valence electrons. The highest BCUT2D eigenvalue weighted by Gasteiger charge is 2.51. The standard InChI is InChI=1S/C25H20BrNO5/c26-18-7-8-20-19(13-18)25(30,24(29)27(20)15-16-4-2-1-3-5-16)14-21(28)17-6-9-22-23(12-17)32-11-10-31-22/h1-9,12-13,30H,10-11,14-15H2. The highest BCUT2D eigenvalue weighted by atomic mass is 79.9. The number of ketones is 1. The fourth-order valence-electron chi connectivity index (χ4n) is 4.17. The topological polar surface area (TPSA) is 76.1 Å². The Morgan fingerprint density at radius 3 is 2.53 bits per heavy atom. The highest BCUT2D eigenvalue weighted by Crippen LogP contribution is 2.45. The maximum absolute atomic E-state index is 13.5. The zero-order valence-corrected chi connectivity index (χ0v) is 18.7. The molecule has 3 aromatic rings. The zero-order chi connectivity index (χ0) is 22.3. The molecule has 5 rings (SSSR count). The molecule has 1 atom stereocenters. The second-order valence-corrected chi connectivity index (χ2v) is 8.77. The van der Waals surface area contributed by atoms with Gasteiger partial charge in [0.25, 0.3) is 5.91 Å². The van der Waals surface area contributed by atoms with Gasteiger partial charge in [0, 0.05) is 15.6 Å². The van der Waals surface area contributed by atoms with Gasteiger partial charge in [-0.1, -0.05) is 46.3 Å². The number of halogens is 1. The minimum atomic E-state index is -1.96. The highest BCUT2D eigenvalue weighted by molar-refractivity contribution is 9.10. The predicted molar refractivity (Wildman–Crippen MR) is 122 cm³/mol. The minimum Gasteiger partial charge on any atom is -0.486 e. The van der Waals surface area contributed by atoms with Crippen molar-refractivity contribution in [2.24, 2.45) is 0 Å². The van der Waals surface area contributed by atoms with E-state index in [1.165, 1.54) is 4.90 Å². The van der Waals surface area contributed by atoms with Crippen molar-refractivity contribution in [2.75, 3.05) is 18.1 Å². The van der Waals surface area contributed by atoms with Gasteiger partial charge >= 0.3 is 0 Å². The van der Waals surface area contributed by atoms with E-state index in [-0.39, 0.29) is 12.2 Å². The largest absolute Gasteiger partial charge is 0.486 e. The van der Waals surface area contributed by atoms with Gasteiger partial charge in [0.1, 0.15) is 13.2 Å². The van der Waals surface area contributed by atoms with Crippen molar-refractivity contribution >= 4 is 33.3 Å². The van der Waals surface area contributed by atoms with Gasteiger partial charge in [0.2, 0.25) is 0 Å². The van der Waals surface area contributed by atoms with Crippen LogP contribution in [0.2, 0.25) is 0 Å². The lowest BCUT2D eigenvalue weighted by Crippen LogP contribution is -2.41. The number of ether oxygens (including phenoxy) is 2. The average Bonchev–Trinajstić information content (AvgIpc) is 3.00. The summed E-state index contributed by atoms with van der Waals surface area (Å²) in [7, 11) is 0. The molecule has 0 aromatic heterocycles. The van der Waals surface area contributed by atoms with Gasteiger partial charge in [-0.05, 0) is 42.0 Å². The van der Waals surface area contributed by atoms with Crippen LogP contribution in [0, 0.1) is 0 Å². The number of nitrogens with zero attached hydrogens (tertiary/aromatic N) is 1. The van der Waals surface area contributed by atoms with Crippen molar-refractivity contribution < 1.29 is 24.2 Å². The van der Waals surface area contributed by atoms with Crippen LogP contribution in [0.15, 0.2) is 71.2 Å². The van der Waals surface area contributed by atoms with Crippen molar-refractivity contribution in [1.29, 1.82) is 0 Å². The molecule has 7 heteroatoms. The minimum absolute atomic E-state index is 0.300. The number of carbonyl (C=O) groups is 2. The lowest BCUT2D eigenvalue weighted by Gasteiger charge is -2.23. The van der Waals surface area contributed by atoms with Gasteiger partial charge in [-0.2, -0.15) is 0 Å². The molecule has 2 aliphatic rings. The lowest BCUT2D eigenvalue weighted by molar-refractivity contribution is -0.136. The van der Waals surface area contributed by atoms with Crippen molar-refractivity contribution in [3.63, 3.8) is 0 Å². The number of hydrogen-bond acceptors (Lipinski definition) is 5. The Balaban J connectivity index is 1.48. The molecule has 0 saturated carbocycles. The molecule has 0 bridgehead atoms. The molecular formula is C25H20BrNO5. The normalized spacial score (nSPS) is 19.1. The number of Topliss-reactive ketones (excluding diaryl/α,β-unsaturated/α-hetero) is 1. The maximum atomic E-state index is 13.5. The fourth-order valence-corrected chi connectivity index (χ4v) is 4.53. The van der Waals surface area contributed by atoms with Crippen molar-refractivity contribution in [3.05, 3.63) is 87.9 Å². The maximum Gasteiger partial charge on any atom is 0.264 e. The molecule has 1 amide bonds. The SMILES string of the molecule is O=C(CC1(O)C(=O)N(Cc2ccccc2)c2ccc(Br)cc21)c1ccc2c(c1)OCCO2. The number of aliphatic hydroxyl groups is 1. The van der Waals surface area contributed by atoms with E-state index in [9.17, 15) is 14.7 Å². The molecule has 32 heavy (non-hydrogen) atoms. The quantitative estimate of drug-likeness (QED) is 0.538. The summed E-state index contributed by atoms with van der Waals surface area (Å²) in [5.74, 6) is 0.193. The second kappa shape index (κ2) is 8.07. The monoisotopic (exact) mass is 493 g/mol. The first-order valence-electron chi connectivity index (χ1n) is 10.3. The first-order valence-corrected chi connectivity index (χ1v) is 11.1. The van der Waals surface area contributed by atoms with Crippen LogP contribution in [0.25, 0.3) is 0 Å². The Morgan fingerprint density at radius 1 is 1.00 bits per heavy atom. The summed E-state index contributed by atoms with van der Waals surface area (Å²) in [6.07, 6.45) is -0.375. The van der Waals surface area contributed by atoms with Crippen LogP contribution >= 0.6 is 15.9 Å². The number of hydrogen-bond donors (Lipinski definition) is 1. The number of benzene rings is 3. The summed E-state index contributed by atoms with van der Waals surface area (Å²) in [5, 5.41) is 11.6. The molecule has 3 aromatic carbocycles. The molecule has 1 N–H and O–H groups in total. The summed E-state index contributed by atoms with van der Waals surface area (Å²) < 4.78 is 11.8. The Bertz CT molecular complexity index is 1210. The molecule has 0 radical (unpaired) electrons. The molecule has 6 nitrogen and oxygen atoms in total. The number of fused-ring (bicyclic) bond motifs is 2. The zero-order valence-electron chi connectivity index (χ0n) is 17.1. The number of carbonyl (C=O) groups excluding carboxylic acids is 2. The van der Waals surface area contributed by atoms with Gasteiger partial charge in [-0.15, -0.1) is 0 Å². The summed E-state index contributed by atoms with van der Waals surface area (Å²) >= 11 is 3.42. The molecule has 0 fully saturated rings. The summed E-state index contributed by atoms with van der Waals surface area (Å²) in [4.78, 5) is 28.2. The first kappa shape index (κ1) is 20.7. The molecule has 0 saturated heterocycles. The van der Waals surface area contributed by atoms with E-state index in [4.69, 9.17) is 9.47 Å². The summed E-state index contributed by atoms with van der Waals surface area (Å²) in [6.45, 7) is 1.16. The van der Waals surface area contributed by atoms with E-state index in [1.807, 2.05) is 36.4 Å². The van der Waals surface area contributed by atoms with Crippen molar-refractivity contribution in [3.8, 4) is 11.5 Å². The molecule has 2 heterocycles. The van der Waals surface area contributed by atoms with Gasteiger partial charge in [-0.3, -0.25) is 9.59 Å². The molecule has 0 aliphatic carbocycles. The Morgan fingerprint density at radius 2 is 1.75 bits per heavy atom. The van der Waals surface area contributed by atoms with Gasteiger partial charge < -0.3 is 19.5 Å². The van der Waals surface area contributed by atoms with Crippen LogP contribution in [0.4, 0.5) is 5.69 Å². The van der Waals surface area contributed by atoms with Crippen LogP contribution in [-0.2, 0) is 16.9 Å². The predicted octanol–water partition coefficient (Wildman–Crippen LogP) is 4.23. The van der Waals surface area contributed by atoms with Crippen LogP contribution in [-0.4, -0.2) is 30.0 Å². The van der Waals surface area contributed by atoms with Crippen LogP contribution in [0.1, 0.15) is 27.9 Å². The van der Waals surface area contributed by atoms with E-state index in [0.717, 1.165) is 10.0 Å². The molecule has 1 unspecified atom stereocenters. The Labute approximate surface area is 193 Å². The van der Waals surface area contributed by atoms with E-state index in [0.29, 0.717) is 48.1 Å². The third kappa shape index (κ3) is 3.57. The van der Waals surface area contributed by atoms with Crippen molar-refractivity contribution in [1.82, 2.24) is 0 Å².